The van der Waals surface area contributed by atoms with E-state index >= 15 is 0 Å². The Labute approximate surface area is 113 Å². The molecule has 0 saturated heterocycles. The number of nitrogens with zero attached hydrogens (tertiary/aromatic N) is 5. The summed E-state index contributed by atoms with van der Waals surface area (Å²) in [5.74, 6) is -0.111. The van der Waals surface area contributed by atoms with Gasteiger partial charge < -0.3 is 5.32 Å². The minimum absolute atomic E-state index is 0.0460. The summed E-state index contributed by atoms with van der Waals surface area (Å²) in [5.41, 5.74) is -0.225. The van der Waals surface area contributed by atoms with Gasteiger partial charge >= 0.3 is 0 Å². The lowest BCUT2D eigenvalue weighted by molar-refractivity contribution is -0.385. The Morgan fingerprint density at radius 1 is 1.45 bits per heavy atom. The standard InChI is InChI=1S/C10H11N7O3/c1-11-8-7(3-6(4-12-8)17(19)20)9(18)15-10-13-5-14-16(10)2/h3-5H,1-2H3,(H,11,12)(H,13,14,15,18). The van der Waals surface area contributed by atoms with E-state index in [1.807, 2.05) is 0 Å². The fraction of sp³-hybridized carbons (Fsp3) is 0.200. The molecule has 0 fully saturated rings. The van der Waals surface area contributed by atoms with Crippen LogP contribution in [0.4, 0.5) is 17.5 Å². The van der Waals surface area contributed by atoms with Gasteiger partial charge in [-0.1, -0.05) is 0 Å². The summed E-state index contributed by atoms with van der Waals surface area (Å²) in [7, 11) is 3.17. The van der Waals surface area contributed by atoms with Crippen molar-refractivity contribution in [3.05, 3.63) is 34.3 Å². The maximum absolute atomic E-state index is 12.1. The first-order valence-electron chi connectivity index (χ1n) is 5.50. The summed E-state index contributed by atoms with van der Waals surface area (Å²) >= 11 is 0. The average Bonchev–Trinajstić information content (AvgIpc) is 2.83. The molecule has 0 radical (unpaired) electrons. The topological polar surface area (TPSA) is 128 Å². The Kier molecular flexibility index (Phi) is 3.55. The lowest BCUT2D eigenvalue weighted by Crippen LogP contribution is -2.17. The first-order chi connectivity index (χ1) is 9.52. The van der Waals surface area contributed by atoms with Gasteiger partial charge in [0, 0.05) is 20.2 Å². The quantitative estimate of drug-likeness (QED) is 0.611. The highest BCUT2D eigenvalue weighted by atomic mass is 16.6. The number of pyridine rings is 1. The van der Waals surface area contributed by atoms with Gasteiger partial charge in [0.05, 0.1) is 10.5 Å². The second kappa shape index (κ2) is 5.30. The van der Waals surface area contributed by atoms with Gasteiger partial charge in [-0.2, -0.15) is 10.1 Å². The van der Waals surface area contributed by atoms with E-state index < -0.39 is 10.8 Å². The summed E-state index contributed by atoms with van der Waals surface area (Å²) in [6.07, 6.45) is 2.35. The van der Waals surface area contributed by atoms with Gasteiger partial charge in [0.2, 0.25) is 5.95 Å². The molecular formula is C10H11N7O3. The second-order valence-corrected chi connectivity index (χ2v) is 3.76. The molecule has 0 aliphatic rings. The van der Waals surface area contributed by atoms with Crippen LogP contribution >= 0.6 is 0 Å². The van der Waals surface area contributed by atoms with Crippen LogP contribution in [-0.2, 0) is 7.05 Å². The largest absolute Gasteiger partial charge is 0.372 e. The summed E-state index contributed by atoms with van der Waals surface area (Å²) in [6.45, 7) is 0. The van der Waals surface area contributed by atoms with Crippen molar-refractivity contribution < 1.29 is 9.72 Å². The highest BCUT2D eigenvalue weighted by molar-refractivity contribution is 6.07. The molecule has 1 amide bonds. The van der Waals surface area contributed by atoms with E-state index in [0.717, 1.165) is 12.3 Å². The van der Waals surface area contributed by atoms with E-state index in [9.17, 15) is 14.9 Å². The molecule has 2 rings (SSSR count). The molecule has 2 N–H and O–H groups in total. The number of carbonyl (C=O) groups is 1. The number of hydrogen-bond donors (Lipinski definition) is 2. The van der Waals surface area contributed by atoms with Crippen LogP contribution in [-0.4, -0.2) is 37.6 Å². The Morgan fingerprint density at radius 2 is 2.20 bits per heavy atom. The van der Waals surface area contributed by atoms with Gasteiger partial charge in [-0.05, 0) is 0 Å². The molecule has 0 saturated carbocycles. The highest BCUT2D eigenvalue weighted by Gasteiger charge is 2.18. The third-order valence-electron chi connectivity index (χ3n) is 2.50. The Morgan fingerprint density at radius 3 is 2.75 bits per heavy atom. The zero-order chi connectivity index (χ0) is 14.7. The lowest BCUT2D eigenvalue weighted by Gasteiger charge is -2.08. The third kappa shape index (κ3) is 2.53. The van der Waals surface area contributed by atoms with Gasteiger partial charge in [0.25, 0.3) is 11.6 Å². The van der Waals surface area contributed by atoms with Gasteiger partial charge in [-0.3, -0.25) is 20.2 Å². The molecule has 0 aliphatic carbocycles. The number of hydrogen-bond acceptors (Lipinski definition) is 7. The molecule has 0 bridgehead atoms. The Hall–Kier alpha value is -3.04. The normalized spacial score (nSPS) is 10.1. The fourth-order valence-electron chi connectivity index (χ4n) is 1.50. The van der Waals surface area contributed by atoms with Crippen LogP contribution in [0.1, 0.15) is 10.4 Å². The number of rotatable bonds is 4. The Bertz CT molecular complexity index is 667. The highest BCUT2D eigenvalue weighted by Crippen LogP contribution is 2.19. The van der Waals surface area contributed by atoms with Crippen molar-refractivity contribution in [1.82, 2.24) is 19.7 Å². The summed E-state index contributed by atoms with van der Waals surface area (Å²) in [5, 5.41) is 19.7. The molecule has 0 atom stereocenters. The summed E-state index contributed by atoms with van der Waals surface area (Å²) in [6, 6.07) is 1.14. The summed E-state index contributed by atoms with van der Waals surface area (Å²) < 4.78 is 1.36. The first-order valence-corrected chi connectivity index (χ1v) is 5.50. The van der Waals surface area contributed by atoms with Crippen molar-refractivity contribution in [2.75, 3.05) is 17.7 Å². The molecule has 20 heavy (non-hydrogen) atoms. The monoisotopic (exact) mass is 277 g/mol. The van der Waals surface area contributed by atoms with Crippen LogP contribution in [0.3, 0.4) is 0 Å². The Balaban J connectivity index is 2.35. The lowest BCUT2D eigenvalue weighted by atomic mass is 10.2. The predicted molar refractivity (Wildman–Crippen MR) is 69.4 cm³/mol. The molecule has 0 spiro atoms. The average molecular weight is 277 g/mol. The van der Waals surface area contributed by atoms with Gasteiger partial charge in [-0.15, -0.1) is 0 Å². The van der Waals surface area contributed by atoms with Crippen LogP contribution in [0.5, 0.6) is 0 Å². The predicted octanol–water partition coefficient (Wildman–Crippen LogP) is 0.412. The number of aryl methyl sites for hydroxylation is 1. The van der Waals surface area contributed by atoms with E-state index in [4.69, 9.17) is 0 Å². The van der Waals surface area contributed by atoms with Crippen molar-refractivity contribution in [1.29, 1.82) is 0 Å². The molecule has 2 aromatic rings. The van der Waals surface area contributed by atoms with Gasteiger partial charge in [0.1, 0.15) is 18.3 Å². The van der Waals surface area contributed by atoms with Gasteiger partial charge in [-0.25, -0.2) is 9.67 Å². The zero-order valence-corrected chi connectivity index (χ0v) is 10.7. The number of nitrogens with one attached hydrogen (secondary N) is 2. The maximum Gasteiger partial charge on any atom is 0.288 e. The van der Waals surface area contributed by atoms with Crippen LogP contribution in [0, 0.1) is 10.1 Å². The van der Waals surface area contributed by atoms with E-state index in [0.29, 0.717) is 0 Å². The zero-order valence-electron chi connectivity index (χ0n) is 10.7. The van der Waals surface area contributed by atoms with E-state index in [-0.39, 0.29) is 23.0 Å². The molecule has 0 unspecified atom stereocenters. The van der Waals surface area contributed by atoms with E-state index in [1.165, 1.54) is 11.0 Å². The molecule has 0 aromatic carbocycles. The summed E-state index contributed by atoms with van der Waals surface area (Å²) in [4.78, 5) is 29.9. The second-order valence-electron chi connectivity index (χ2n) is 3.76. The fourth-order valence-corrected chi connectivity index (χ4v) is 1.50. The molecule has 2 heterocycles. The van der Waals surface area contributed by atoms with Crippen LogP contribution in [0.25, 0.3) is 0 Å². The van der Waals surface area contributed by atoms with Crippen LogP contribution in [0.2, 0.25) is 0 Å². The van der Waals surface area contributed by atoms with Crippen molar-refractivity contribution in [2.24, 2.45) is 7.05 Å². The van der Waals surface area contributed by atoms with Crippen LogP contribution in [0.15, 0.2) is 18.6 Å². The number of aromatic nitrogens is 4. The van der Waals surface area contributed by atoms with E-state index in [2.05, 4.69) is 25.7 Å². The van der Waals surface area contributed by atoms with Crippen molar-refractivity contribution in [3.63, 3.8) is 0 Å². The molecule has 10 nitrogen and oxygen atoms in total. The molecule has 104 valence electrons. The SMILES string of the molecule is CNc1ncc([N+](=O)[O-])cc1C(=O)Nc1ncnn1C. The minimum Gasteiger partial charge on any atom is -0.372 e. The minimum atomic E-state index is -0.620. The molecule has 2 aromatic heterocycles. The first kappa shape index (κ1) is 13.4. The van der Waals surface area contributed by atoms with Crippen molar-refractivity contribution in [3.8, 4) is 0 Å². The van der Waals surface area contributed by atoms with E-state index in [1.54, 1.807) is 14.1 Å². The van der Waals surface area contributed by atoms with Crippen molar-refractivity contribution in [2.45, 2.75) is 0 Å². The molecule has 10 heteroatoms. The number of amides is 1. The third-order valence-corrected chi connectivity index (χ3v) is 2.50. The number of carbonyl (C=O) groups excluding carboxylic acids is 1. The van der Waals surface area contributed by atoms with Crippen LogP contribution < -0.4 is 10.6 Å². The number of anilines is 2. The molecular weight excluding hydrogens is 266 g/mol. The maximum atomic E-state index is 12.1. The molecule has 0 aliphatic heterocycles. The smallest absolute Gasteiger partial charge is 0.288 e. The number of nitro groups is 1. The van der Waals surface area contributed by atoms with Gasteiger partial charge in [0.15, 0.2) is 0 Å². The van der Waals surface area contributed by atoms with Crippen molar-refractivity contribution >= 4 is 23.4 Å².